The van der Waals surface area contributed by atoms with Crippen LogP contribution in [0.4, 0.5) is 26.3 Å². The second-order valence-corrected chi connectivity index (χ2v) is 4.21. The number of aliphatic carboxylic acids is 1. The van der Waals surface area contributed by atoms with Crippen LogP contribution in [0.3, 0.4) is 0 Å². The van der Waals surface area contributed by atoms with Crippen LogP contribution in [-0.2, 0) is 9.59 Å². The molecule has 1 unspecified atom stereocenters. The van der Waals surface area contributed by atoms with Gasteiger partial charge in [-0.05, 0) is 19.8 Å². The molecule has 4 nitrogen and oxygen atoms in total. The molecule has 0 fully saturated rings. The van der Waals surface area contributed by atoms with Crippen molar-refractivity contribution in [2.45, 2.75) is 44.6 Å². The Hall–Kier alpha value is -1.48. The lowest BCUT2D eigenvalue weighted by molar-refractivity contribution is -0.274. The summed E-state index contributed by atoms with van der Waals surface area (Å²) in [5.74, 6) is -7.42. The Labute approximate surface area is 110 Å². The van der Waals surface area contributed by atoms with Crippen molar-refractivity contribution < 1.29 is 41.0 Å². The Bertz CT molecular complexity index is 338. The second-order valence-electron chi connectivity index (χ2n) is 4.21. The number of carbonyl (C=O) groups excluding carboxylic acids is 1. The van der Waals surface area contributed by atoms with Gasteiger partial charge in [-0.25, -0.2) is 0 Å². The molecule has 0 aliphatic carbocycles. The molecule has 118 valence electrons. The lowest BCUT2D eigenvalue weighted by atomic mass is 10.1. The van der Waals surface area contributed by atoms with E-state index >= 15 is 0 Å². The molecule has 0 aromatic heterocycles. The predicted molar refractivity (Wildman–Crippen MR) is 54.7 cm³/mol. The van der Waals surface area contributed by atoms with E-state index in [4.69, 9.17) is 5.11 Å². The molecule has 1 amide bonds. The minimum Gasteiger partial charge on any atom is -0.481 e. The zero-order valence-electron chi connectivity index (χ0n) is 10.3. The summed E-state index contributed by atoms with van der Waals surface area (Å²) in [7, 11) is 0. The monoisotopic (exact) mass is 309 g/mol. The number of alkyl halides is 6. The smallest absolute Gasteiger partial charge is 0.409 e. The molecule has 0 aliphatic rings. The first kappa shape index (κ1) is 18.5. The van der Waals surface area contributed by atoms with E-state index in [1.807, 2.05) is 0 Å². The van der Waals surface area contributed by atoms with E-state index in [1.165, 1.54) is 6.92 Å². The average Bonchev–Trinajstić information content (AvgIpc) is 2.10. The summed E-state index contributed by atoms with van der Waals surface area (Å²) in [5.41, 5.74) is 0. The topological polar surface area (TPSA) is 66.4 Å². The molecular formula is C10H13F6NO3. The highest BCUT2D eigenvalue weighted by atomic mass is 19.4. The summed E-state index contributed by atoms with van der Waals surface area (Å²) in [5, 5.41) is 9.92. The molecule has 0 bridgehead atoms. The van der Waals surface area contributed by atoms with Crippen LogP contribution in [0.2, 0.25) is 0 Å². The standard InChI is InChI=1S/C10H13F6NO3/c1-5(3-2-4-6(18)19)17-8(20)7(9(11,12)13)10(14,15)16/h5,7H,2-4H2,1H3,(H,17,20)(H,18,19). The van der Waals surface area contributed by atoms with Crippen molar-refractivity contribution in [3.05, 3.63) is 0 Å². The maximum Gasteiger partial charge on any atom is 0.409 e. The van der Waals surface area contributed by atoms with Crippen molar-refractivity contribution in [2.24, 2.45) is 5.92 Å². The Morgan fingerprint density at radius 1 is 1.10 bits per heavy atom. The van der Waals surface area contributed by atoms with Gasteiger partial charge in [0, 0.05) is 12.5 Å². The zero-order valence-corrected chi connectivity index (χ0v) is 10.3. The van der Waals surface area contributed by atoms with Crippen LogP contribution < -0.4 is 5.32 Å². The van der Waals surface area contributed by atoms with Gasteiger partial charge < -0.3 is 10.4 Å². The van der Waals surface area contributed by atoms with Gasteiger partial charge in [0.1, 0.15) is 0 Å². The van der Waals surface area contributed by atoms with Crippen molar-refractivity contribution in [2.75, 3.05) is 0 Å². The van der Waals surface area contributed by atoms with Crippen molar-refractivity contribution >= 4 is 11.9 Å². The number of rotatable bonds is 6. The van der Waals surface area contributed by atoms with Crippen LogP contribution in [0, 0.1) is 5.92 Å². The molecule has 0 saturated heterocycles. The van der Waals surface area contributed by atoms with Crippen LogP contribution in [0.15, 0.2) is 0 Å². The highest BCUT2D eigenvalue weighted by molar-refractivity contribution is 5.80. The zero-order chi connectivity index (χ0) is 16.1. The van der Waals surface area contributed by atoms with Gasteiger partial charge in [-0.15, -0.1) is 0 Å². The van der Waals surface area contributed by atoms with Gasteiger partial charge in [-0.1, -0.05) is 0 Å². The maximum absolute atomic E-state index is 12.2. The summed E-state index contributed by atoms with van der Waals surface area (Å²) in [6.07, 6.45) is -11.8. The number of hydrogen-bond donors (Lipinski definition) is 2. The SMILES string of the molecule is CC(CCCC(=O)O)NC(=O)C(C(F)(F)F)C(F)(F)F. The molecule has 0 rings (SSSR count). The fourth-order valence-electron chi connectivity index (χ4n) is 1.44. The largest absolute Gasteiger partial charge is 0.481 e. The fourth-order valence-corrected chi connectivity index (χ4v) is 1.44. The number of amides is 1. The van der Waals surface area contributed by atoms with Crippen molar-refractivity contribution in [3.63, 3.8) is 0 Å². The number of hydrogen-bond acceptors (Lipinski definition) is 2. The van der Waals surface area contributed by atoms with E-state index in [0.29, 0.717) is 0 Å². The first-order valence-corrected chi connectivity index (χ1v) is 5.51. The lowest BCUT2D eigenvalue weighted by Crippen LogP contribution is -2.50. The maximum atomic E-state index is 12.2. The van der Waals surface area contributed by atoms with Crippen LogP contribution in [0.25, 0.3) is 0 Å². The Morgan fingerprint density at radius 3 is 1.90 bits per heavy atom. The number of carboxylic acid groups (broad SMARTS) is 1. The van der Waals surface area contributed by atoms with E-state index < -0.39 is 36.2 Å². The molecule has 0 radical (unpaired) electrons. The van der Waals surface area contributed by atoms with E-state index in [9.17, 15) is 35.9 Å². The third-order valence-corrected chi connectivity index (χ3v) is 2.33. The molecule has 0 spiro atoms. The van der Waals surface area contributed by atoms with Gasteiger partial charge in [-0.3, -0.25) is 9.59 Å². The number of halogens is 6. The second kappa shape index (κ2) is 6.80. The highest BCUT2D eigenvalue weighted by Gasteiger charge is 2.61. The number of nitrogens with one attached hydrogen (secondary N) is 1. The Balaban J connectivity index is 4.59. The summed E-state index contributed by atoms with van der Waals surface area (Å²) >= 11 is 0. The quantitative estimate of drug-likeness (QED) is 0.741. The summed E-state index contributed by atoms with van der Waals surface area (Å²) in [4.78, 5) is 21.3. The minimum absolute atomic E-state index is 0.0273. The molecular weight excluding hydrogens is 296 g/mol. The molecule has 0 heterocycles. The highest BCUT2D eigenvalue weighted by Crippen LogP contribution is 2.39. The van der Waals surface area contributed by atoms with Gasteiger partial charge >= 0.3 is 18.3 Å². The molecule has 0 saturated carbocycles. The Morgan fingerprint density at radius 2 is 1.55 bits per heavy atom. The molecule has 0 aliphatic heterocycles. The van der Waals surface area contributed by atoms with Crippen LogP contribution >= 0.6 is 0 Å². The van der Waals surface area contributed by atoms with Crippen molar-refractivity contribution in [1.82, 2.24) is 5.32 Å². The van der Waals surface area contributed by atoms with Gasteiger partial charge in [0.15, 0.2) is 0 Å². The molecule has 10 heteroatoms. The van der Waals surface area contributed by atoms with Crippen molar-refractivity contribution in [1.29, 1.82) is 0 Å². The Kier molecular flexibility index (Phi) is 6.30. The van der Waals surface area contributed by atoms with Crippen LogP contribution in [-0.4, -0.2) is 35.4 Å². The third-order valence-electron chi connectivity index (χ3n) is 2.33. The third kappa shape index (κ3) is 6.62. The summed E-state index contributed by atoms with van der Waals surface area (Å²) in [6, 6.07) is -0.992. The number of carboxylic acids is 1. The number of carbonyl (C=O) groups is 2. The first-order valence-electron chi connectivity index (χ1n) is 5.51. The molecule has 20 heavy (non-hydrogen) atoms. The fraction of sp³-hybridized carbons (Fsp3) is 0.800. The summed E-state index contributed by atoms with van der Waals surface area (Å²) < 4.78 is 73.3. The van der Waals surface area contributed by atoms with E-state index in [2.05, 4.69) is 0 Å². The van der Waals surface area contributed by atoms with Crippen LogP contribution in [0.1, 0.15) is 26.2 Å². The minimum atomic E-state index is -5.73. The van der Waals surface area contributed by atoms with Crippen LogP contribution in [0.5, 0.6) is 0 Å². The average molecular weight is 309 g/mol. The first-order chi connectivity index (χ1) is 8.85. The van der Waals surface area contributed by atoms with E-state index in [0.717, 1.165) is 0 Å². The predicted octanol–water partition coefficient (Wildman–Crippen LogP) is 2.49. The lowest BCUT2D eigenvalue weighted by Gasteiger charge is -2.24. The van der Waals surface area contributed by atoms with Gasteiger partial charge in [-0.2, -0.15) is 26.3 Å². The van der Waals surface area contributed by atoms with Crippen molar-refractivity contribution in [3.8, 4) is 0 Å². The normalized spacial score (nSPS) is 14.2. The summed E-state index contributed by atoms with van der Waals surface area (Å²) in [6.45, 7) is 1.20. The van der Waals surface area contributed by atoms with E-state index in [1.54, 1.807) is 5.32 Å². The molecule has 0 aromatic carbocycles. The van der Waals surface area contributed by atoms with Gasteiger partial charge in [0.05, 0.1) is 0 Å². The molecule has 2 N–H and O–H groups in total. The molecule has 1 atom stereocenters. The molecule has 0 aromatic rings. The van der Waals surface area contributed by atoms with Gasteiger partial charge in [0.25, 0.3) is 0 Å². The van der Waals surface area contributed by atoms with E-state index in [-0.39, 0.29) is 19.3 Å². The van der Waals surface area contributed by atoms with Gasteiger partial charge in [0.2, 0.25) is 11.8 Å².